The average Bonchev–Trinajstić information content (AvgIpc) is 2.76. The van der Waals surface area contributed by atoms with Crippen LogP contribution in [-0.4, -0.2) is 9.55 Å². The Labute approximate surface area is 101 Å². The van der Waals surface area contributed by atoms with Crippen LogP contribution in [0.25, 0.3) is 16.7 Å². The van der Waals surface area contributed by atoms with Gasteiger partial charge in [-0.15, -0.1) is 0 Å². The maximum atomic E-state index is 4.43. The van der Waals surface area contributed by atoms with Gasteiger partial charge in [-0.25, -0.2) is 4.98 Å². The highest BCUT2D eigenvalue weighted by Gasteiger charge is 2.06. The molecule has 0 fully saturated rings. The van der Waals surface area contributed by atoms with E-state index in [4.69, 9.17) is 0 Å². The van der Waals surface area contributed by atoms with Gasteiger partial charge in [0.15, 0.2) is 0 Å². The maximum absolute atomic E-state index is 4.43. The van der Waals surface area contributed by atoms with Crippen molar-refractivity contribution in [3.8, 4) is 5.69 Å². The van der Waals surface area contributed by atoms with Gasteiger partial charge in [-0.05, 0) is 43.2 Å². The fourth-order valence-corrected chi connectivity index (χ4v) is 2.13. The Kier molecular flexibility index (Phi) is 2.22. The zero-order chi connectivity index (χ0) is 11.8. The molecule has 3 rings (SSSR count). The summed E-state index contributed by atoms with van der Waals surface area (Å²) in [6.07, 6.45) is 1.90. The summed E-state index contributed by atoms with van der Waals surface area (Å²) in [5, 5.41) is 0. The SMILES string of the molecule is Cc1ccc(C)c(-n2cnc3ccccc32)c1. The van der Waals surface area contributed by atoms with E-state index in [1.165, 1.54) is 16.8 Å². The lowest BCUT2D eigenvalue weighted by Gasteiger charge is -2.09. The Morgan fingerprint density at radius 1 is 1.00 bits per heavy atom. The number of imidazole rings is 1. The number of nitrogens with zero attached hydrogens (tertiary/aromatic N) is 2. The molecule has 2 aromatic carbocycles. The molecule has 2 heteroatoms. The van der Waals surface area contributed by atoms with E-state index in [9.17, 15) is 0 Å². The number of para-hydroxylation sites is 2. The summed E-state index contributed by atoms with van der Waals surface area (Å²) in [5.41, 5.74) is 5.93. The summed E-state index contributed by atoms with van der Waals surface area (Å²) in [6.45, 7) is 4.24. The van der Waals surface area contributed by atoms with Crippen LogP contribution in [0.1, 0.15) is 11.1 Å². The van der Waals surface area contributed by atoms with Crippen molar-refractivity contribution in [1.29, 1.82) is 0 Å². The first kappa shape index (κ1) is 10.1. The summed E-state index contributed by atoms with van der Waals surface area (Å²) in [7, 11) is 0. The number of aromatic nitrogens is 2. The summed E-state index contributed by atoms with van der Waals surface area (Å²) in [4.78, 5) is 4.43. The summed E-state index contributed by atoms with van der Waals surface area (Å²) >= 11 is 0. The molecule has 3 aromatic rings. The standard InChI is InChI=1S/C15H14N2/c1-11-7-8-12(2)15(9-11)17-10-16-13-5-3-4-6-14(13)17/h3-10H,1-2H3. The molecule has 0 bridgehead atoms. The molecule has 0 aliphatic rings. The average molecular weight is 222 g/mol. The first-order valence-corrected chi connectivity index (χ1v) is 5.75. The molecule has 0 unspecified atom stereocenters. The second-order valence-electron chi connectivity index (χ2n) is 4.39. The van der Waals surface area contributed by atoms with Crippen LogP contribution in [0, 0.1) is 13.8 Å². The highest BCUT2D eigenvalue weighted by molar-refractivity contribution is 5.77. The van der Waals surface area contributed by atoms with E-state index in [0.717, 1.165) is 11.0 Å². The number of fused-ring (bicyclic) bond motifs is 1. The number of hydrogen-bond acceptors (Lipinski definition) is 1. The zero-order valence-corrected chi connectivity index (χ0v) is 10.0. The van der Waals surface area contributed by atoms with Crippen molar-refractivity contribution >= 4 is 11.0 Å². The predicted molar refractivity (Wildman–Crippen MR) is 70.5 cm³/mol. The first-order chi connectivity index (χ1) is 8.25. The number of rotatable bonds is 1. The van der Waals surface area contributed by atoms with Gasteiger partial charge >= 0.3 is 0 Å². The second kappa shape index (κ2) is 3.74. The molecule has 0 saturated carbocycles. The van der Waals surface area contributed by atoms with E-state index in [-0.39, 0.29) is 0 Å². The first-order valence-electron chi connectivity index (χ1n) is 5.75. The summed E-state index contributed by atoms with van der Waals surface area (Å²) in [5.74, 6) is 0. The smallest absolute Gasteiger partial charge is 0.100 e. The fourth-order valence-electron chi connectivity index (χ4n) is 2.13. The third-order valence-corrected chi connectivity index (χ3v) is 3.08. The lowest BCUT2D eigenvalue weighted by molar-refractivity contribution is 1.07. The van der Waals surface area contributed by atoms with Crippen molar-refractivity contribution in [3.63, 3.8) is 0 Å². The van der Waals surface area contributed by atoms with Gasteiger partial charge in [0.25, 0.3) is 0 Å². The van der Waals surface area contributed by atoms with E-state index < -0.39 is 0 Å². The molecule has 1 heterocycles. The normalized spacial score (nSPS) is 10.9. The topological polar surface area (TPSA) is 17.8 Å². The lowest BCUT2D eigenvalue weighted by atomic mass is 10.1. The van der Waals surface area contributed by atoms with Crippen LogP contribution in [0.3, 0.4) is 0 Å². The fraction of sp³-hybridized carbons (Fsp3) is 0.133. The second-order valence-corrected chi connectivity index (χ2v) is 4.39. The highest BCUT2D eigenvalue weighted by atomic mass is 15.0. The molecule has 1 aromatic heterocycles. The molecule has 0 spiro atoms. The van der Waals surface area contributed by atoms with Gasteiger partial charge < -0.3 is 0 Å². The number of aryl methyl sites for hydroxylation is 2. The van der Waals surface area contributed by atoms with Crippen LogP contribution in [0.2, 0.25) is 0 Å². The predicted octanol–water partition coefficient (Wildman–Crippen LogP) is 3.64. The lowest BCUT2D eigenvalue weighted by Crippen LogP contribution is -1.95. The minimum Gasteiger partial charge on any atom is -0.299 e. The van der Waals surface area contributed by atoms with E-state index in [0.29, 0.717) is 0 Å². The largest absolute Gasteiger partial charge is 0.299 e. The Bertz CT molecular complexity index is 680. The Morgan fingerprint density at radius 3 is 2.71 bits per heavy atom. The van der Waals surface area contributed by atoms with Gasteiger partial charge in [-0.3, -0.25) is 4.57 Å². The number of hydrogen-bond donors (Lipinski definition) is 0. The highest BCUT2D eigenvalue weighted by Crippen LogP contribution is 2.21. The van der Waals surface area contributed by atoms with Crippen LogP contribution < -0.4 is 0 Å². The van der Waals surface area contributed by atoms with Crippen LogP contribution in [0.15, 0.2) is 48.8 Å². The molecular weight excluding hydrogens is 208 g/mol. The van der Waals surface area contributed by atoms with Crippen molar-refractivity contribution in [2.45, 2.75) is 13.8 Å². The van der Waals surface area contributed by atoms with Crippen molar-refractivity contribution in [3.05, 3.63) is 59.9 Å². The van der Waals surface area contributed by atoms with Gasteiger partial charge in [0, 0.05) is 0 Å². The maximum Gasteiger partial charge on any atom is 0.100 e. The van der Waals surface area contributed by atoms with E-state index >= 15 is 0 Å². The zero-order valence-electron chi connectivity index (χ0n) is 10.0. The summed E-state index contributed by atoms with van der Waals surface area (Å²) < 4.78 is 2.15. The molecule has 0 amide bonds. The molecule has 84 valence electrons. The molecule has 0 atom stereocenters. The van der Waals surface area contributed by atoms with Crippen LogP contribution in [-0.2, 0) is 0 Å². The van der Waals surface area contributed by atoms with Crippen LogP contribution >= 0.6 is 0 Å². The third kappa shape index (κ3) is 1.62. The van der Waals surface area contributed by atoms with E-state index in [2.05, 4.69) is 47.7 Å². The number of benzene rings is 2. The molecule has 0 N–H and O–H groups in total. The molecule has 0 aliphatic carbocycles. The molecule has 0 aliphatic heterocycles. The quantitative estimate of drug-likeness (QED) is 0.614. The summed E-state index contributed by atoms with van der Waals surface area (Å²) in [6, 6.07) is 14.7. The Hall–Kier alpha value is -2.09. The van der Waals surface area contributed by atoms with Crippen molar-refractivity contribution in [2.24, 2.45) is 0 Å². The van der Waals surface area contributed by atoms with Gasteiger partial charge in [-0.1, -0.05) is 24.3 Å². The molecule has 17 heavy (non-hydrogen) atoms. The van der Waals surface area contributed by atoms with Crippen LogP contribution in [0.4, 0.5) is 0 Å². The minimum absolute atomic E-state index is 1.04. The van der Waals surface area contributed by atoms with Gasteiger partial charge in [0.2, 0.25) is 0 Å². The van der Waals surface area contributed by atoms with Crippen LogP contribution in [0.5, 0.6) is 0 Å². The van der Waals surface area contributed by atoms with Crippen molar-refractivity contribution in [1.82, 2.24) is 9.55 Å². The van der Waals surface area contributed by atoms with Crippen molar-refractivity contribution in [2.75, 3.05) is 0 Å². The molecule has 0 radical (unpaired) electrons. The monoisotopic (exact) mass is 222 g/mol. The van der Waals surface area contributed by atoms with Gasteiger partial charge in [-0.2, -0.15) is 0 Å². The Morgan fingerprint density at radius 2 is 1.82 bits per heavy atom. The molecular formula is C15H14N2. The van der Waals surface area contributed by atoms with E-state index in [1.807, 2.05) is 24.5 Å². The third-order valence-electron chi connectivity index (χ3n) is 3.08. The molecule has 2 nitrogen and oxygen atoms in total. The Balaban J connectivity index is 2.31. The molecule has 0 saturated heterocycles. The van der Waals surface area contributed by atoms with Gasteiger partial charge in [0.05, 0.1) is 16.7 Å². The van der Waals surface area contributed by atoms with Gasteiger partial charge in [0.1, 0.15) is 6.33 Å². The van der Waals surface area contributed by atoms with E-state index in [1.54, 1.807) is 0 Å². The van der Waals surface area contributed by atoms with Crippen molar-refractivity contribution < 1.29 is 0 Å². The minimum atomic E-state index is 1.04.